The first-order valence-electron chi connectivity index (χ1n) is 6.75. The third-order valence-electron chi connectivity index (χ3n) is 6.30. The Morgan fingerprint density at radius 3 is 1.62 bits per heavy atom. The molecular weight excluding hydrogens is 192 g/mol. The minimum absolute atomic E-state index is 0.507. The number of allylic oxidation sites excluding steroid dienone is 6. The second kappa shape index (κ2) is 2.55. The monoisotopic (exact) mass is 212 g/mol. The molecule has 0 N–H and O–H groups in total. The van der Waals surface area contributed by atoms with Gasteiger partial charge in [0.2, 0.25) is 0 Å². The maximum atomic E-state index is 2.54. The Labute approximate surface area is 98.1 Å². The van der Waals surface area contributed by atoms with E-state index in [1.54, 1.807) is 0 Å². The topological polar surface area (TPSA) is 0 Å². The van der Waals surface area contributed by atoms with Crippen LogP contribution in [0.3, 0.4) is 0 Å². The third kappa shape index (κ3) is 0.697. The summed E-state index contributed by atoms with van der Waals surface area (Å²) in [6, 6.07) is 0. The lowest BCUT2D eigenvalue weighted by atomic mass is 9.33. The first kappa shape index (κ1) is 9.27. The molecule has 0 aliphatic heterocycles. The van der Waals surface area contributed by atoms with Gasteiger partial charge in [-0.25, -0.2) is 0 Å². The average Bonchev–Trinajstić information content (AvgIpc) is 2.27. The Balaban J connectivity index is 1.94. The van der Waals surface area contributed by atoms with Crippen molar-refractivity contribution in [2.24, 2.45) is 34.5 Å². The molecule has 0 heteroatoms. The molecule has 0 amide bonds. The van der Waals surface area contributed by atoms with Gasteiger partial charge in [-0.15, -0.1) is 0 Å². The van der Waals surface area contributed by atoms with Crippen LogP contribution in [0.15, 0.2) is 36.5 Å². The fourth-order valence-electron chi connectivity index (χ4n) is 5.22. The minimum atomic E-state index is 0.507. The van der Waals surface area contributed by atoms with Crippen molar-refractivity contribution in [3.63, 3.8) is 0 Å². The quantitative estimate of drug-likeness (QED) is 0.533. The molecule has 4 unspecified atom stereocenters. The molecule has 1 saturated carbocycles. The van der Waals surface area contributed by atoms with Gasteiger partial charge < -0.3 is 0 Å². The smallest absolute Gasteiger partial charge is 0.00813 e. The van der Waals surface area contributed by atoms with Crippen molar-refractivity contribution in [2.75, 3.05) is 0 Å². The van der Waals surface area contributed by atoms with E-state index >= 15 is 0 Å². The lowest BCUT2D eigenvalue weighted by molar-refractivity contribution is -0.103. The summed E-state index contributed by atoms with van der Waals surface area (Å²) in [5, 5.41) is 0. The van der Waals surface area contributed by atoms with Gasteiger partial charge in [-0.1, -0.05) is 50.3 Å². The van der Waals surface area contributed by atoms with Gasteiger partial charge in [0.25, 0.3) is 0 Å². The molecule has 5 aliphatic carbocycles. The van der Waals surface area contributed by atoms with E-state index in [2.05, 4.69) is 50.3 Å². The Hall–Kier alpha value is -0.780. The van der Waals surface area contributed by atoms with E-state index in [0.717, 1.165) is 23.7 Å². The standard InChI is InChI=1S/C16H20/c1-11-12(2)14-6-5-13(11)15-7-3-4-8-16(14,15)10-9-15/h3-6,9-14H,7-8H2,1-2H3/t11-,12+,13?,14?,15?,16?. The van der Waals surface area contributed by atoms with Gasteiger partial charge >= 0.3 is 0 Å². The van der Waals surface area contributed by atoms with Crippen LogP contribution >= 0.6 is 0 Å². The van der Waals surface area contributed by atoms with Gasteiger partial charge in [0, 0.05) is 10.8 Å². The van der Waals surface area contributed by atoms with Crippen LogP contribution < -0.4 is 0 Å². The van der Waals surface area contributed by atoms with Crippen molar-refractivity contribution in [1.82, 2.24) is 0 Å². The summed E-state index contributed by atoms with van der Waals surface area (Å²) in [5.74, 6) is 3.31. The molecule has 5 rings (SSSR count). The van der Waals surface area contributed by atoms with Crippen LogP contribution in [0.4, 0.5) is 0 Å². The van der Waals surface area contributed by atoms with Crippen molar-refractivity contribution >= 4 is 0 Å². The van der Waals surface area contributed by atoms with E-state index in [-0.39, 0.29) is 0 Å². The molecule has 0 nitrogen and oxygen atoms in total. The number of hydrogen-bond acceptors (Lipinski definition) is 0. The Morgan fingerprint density at radius 1 is 0.812 bits per heavy atom. The highest BCUT2D eigenvalue weighted by atomic mass is 14.7. The van der Waals surface area contributed by atoms with E-state index in [4.69, 9.17) is 0 Å². The molecule has 0 spiro atoms. The molecule has 16 heavy (non-hydrogen) atoms. The Bertz CT molecular complexity index is 387. The fraction of sp³-hybridized carbons (Fsp3) is 0.625. The molecule has 0 heterocycles. The van der Waals surface area contributed by atoms with Gasteiger partial charge in [0.1, 0.15) is 0 Å². The van der Waals surface area contributed by atoms with Crippen molar-refractivity contribution in [3.05, 3.63) is 36.5 Å². The summed E-state index contributed by atoms with van der Waals surface area (Å²) in [6.07, 6.45) is 17.6. The molecule has 6 atom stereocenters. The lowest BCUT2D eigenvalue weighted by Gasteiger charge is -2.70. The average molecular weight is 212 g/mol. The highest BCUT2D eigenvalue weighted by Gasteiger charge is 2.67. The highest BCUT2D eigenvalue weighted by molar-refractivity contribution is 5.42. The second-order valence-electron chi connectivity index (χ2n) is 6.45. The van der Waals surface area contributed by atoms with Crippen molar-refractivity contribution in [2.45, 2.75) is 26.7 Å². The van der Waals surface area contributed by atoms with Crippen LogP contribution in [0.5, 0.6) is 0 Å². The molecule has 0 aromatic heterocycles. The van der Waals surface area contributed by atoms with Crippen LogP contribution in [0.2, 0.25) is 0 Å². The van der Waals surface area contributed by atoms with Crippen LogP contribution in [0.25, 0.3) is 0 Å². The SMILES string of the molecule is C[C@@H]1C2C=CC([C@@H]1C)C13C=CC21CC=CC3. The molecule has 0 saturated heterocycles. The number of hydrogen-bond donors (Lipinski definition) is 0. The number of fused-ring (bicyclic) bond motifs is 1. The lowest BCUT2D eigenvalue weighted by Crippen LogP contribution is -2.64. The van der Waals surface area contributed by atoms with E-state index in [1.165, 1.54) is 12.8 Å². The summed E-state index contributed by atoms with van der Waals surface area (Å²) in [6.45, 7) is 4.93. The van der Waals surface area contributed by atoms with Gasteiger partial charge in [-0.2, -0.15) is 0 Å². The zero-order chi connectivity index (χ0) is 11.0. The predicted octanol–water partition coefficient (Wildman–Crippen LogP) is 3.97. The van der Waals surface area contributed by atoms with E-state index < -0.39 is 0 Å². The fourth-order valence-corrected chi connectivity index (χ4v) is 5.22. The maximum Gasteiger partial charge on any atom is 0.00813 e. The zero-order valence-corrected chi connectivity index (χ0v) is 10.2. The van der Waals surface area contributed by atoms with E-state index in [9.17, 15) is 0 Å². The van der Waals surface area contributed by atoms with Gasteiger partial charge in [-0.05, 0) is 36.5 Å². The molecule has 0 radical (unpaired) electrons. The van der Waals surface area contributed by atoms with Crippen molar-refractivity contribution < 1.29 is 0 Å². The minimum Gasteiger partial charge on any atom is -0.0876 e. The third-order valence-corrected chi connectivity index (χ3v) is 6.30. The van der Waals surface area contributed by atoms with Crippen LogP contribution in [-0.4, -0.2) is 0 Å². The summed E-state index contributed by atoms with van der Waals surface area (Å²) < 4.78 is 0. The molecule has 1 fully saturated rings. The normalized spacial score (nSPS) is 60.4. The van der Waals surface area contributed by atoms with Gasteiger partial charge in [-0.3, -0.25) is 0 Å². The first-order chi connectivity index (χ1) is 7.71. The van der Waals surface area contributed by atoms with Crippen molar-refractivity contribution in [1.29, 1.82) is 0 Å². The maximum absolute atomic E-state index is 2.54. The predicted molar refractivity (Wildman–Crippen MR) is 66.8 cm³/mol. The molecular formula is C16H20. The zero-order valence-electron chi connectivity index (χ0n) is 10.2. The van der Waals surface area contributed by atoms with Crippen LogP contribution in [0.1, 0.15) is 26.7 Å². The molecule has 0 aromatic carbocycles. The molecule has 84 valence electrons. The first-order valence-corrected chi connectivity index (χ1v) is 6.75. The van der Waals surface area contributed by atoms with E-state index in [1.807, 2.05) is 0 Å². The van der Waals surface area contributed by atoms with Gasteiger partial charge in [0.15, 0.2) is 0 Å². The van der Waals surface area contributed by atoms with Crippen molar-refractivity contribution in [3.8, 4) is 0 Å². The molecule has 5 aliphatic rings. The van der Waals surface area contributed by atoms with E-state index in [0.29, 0.717) is 10.8 Å². The summed E-state index contributed by atoms with van der Waals surface area (Å²) in [7, 11) is 0. The molecule has 0 aromatic rings. The second-order valence-corrected chi connectivity index (χ2v) is 6.45. The highest BCUT2D eigenvalue weighted by Crippen LogP contribution is 2.73. The summed E-state index contributed by atoms with van der Waals surface area (Å²) in [5.41, 5.74) is 1.01. The Morgan fingerprint density at radius 2 is 1.25 bits per heavy atom. The number of rotatable bonds is 0. The molecule has 2 bridgehead atoms. The van der Waals surface area contributed by atoms with Crippen LogP contribution in [0, 0.1) is 34.5 Å². The van der Waals surface area contributed by atoms with Crippen LogP contribution in [-0.2, 0) is 0 Å². The largest absolute Gasteiger partial charge is 0.0876 e. The Kier molecular flexibility index (Phi) is 1.48. The summed E-state index contributed by atoms with van der Waals surface area (Å²) in [4.78, 5) is 0. The summed E-state index contributed by atoms with van der Waals surface area (Å²) >= 11 is 0. The van der Waals surface area contributed by atoms with Gasteiger partial charge in [0.05, 0.1) is 0 Å².